The third-order valence-corrected chi connectivity index (χ3v) is 4.92. The van der Waals surface area contributed by atoms with Gasteiger partial charge in [0.2, 0.25) is 0 Å². The van der Waals surface area contributed by atoms with Crippen LogP contribution in [0, 0.1) is 5.82 Å². The van der Waals surface area contributed by atoms with Crippen molar-refractivity contribution in [2.75, 3.05) is 6.54 Å². The molecule has 1 aliphatic heterocycles. The number of nitrogens with two attached hydrogens (primary N) is 1. The van der Waals surface area contributed by atoms with E-state index in [1.807, 2.05) is 12.1 Å². The highest BCUT2D eigenvalue weighted by Gasteiger charge is 2.29. The molecular weight excluding hydrogens is 321 g/mol. The van der Waals surface area contributed by atoms with Crippen molar-refractivity contribution in [1.82, 2.24) is 20.1 Å². The molecule has 0 saturated carbocycles. The topological polar surface area (TPSA) is 90.8 Å². The van der Waals surface area contributed by atoms with Crippen LogP contribution in [0.15, 0.2) is 30.5 Å². The van der Waals surface area contributed by atoms with Gasteiger partial charge in [0.25, 0.3) is 5.91 Å². The number of piperidine rings is 1. The number of benzene rings is 1. The third kappa shape index (κ3) is 2.91. The molecule has 1 saturated heterocycles. The number of carbonyl (C=O) groups excluding carboxylic acids is 1. The summed E-state index contributed by atoms with van der Waals surface area (Å²) in [6.45, 7) is 1.55. The van der Waals surface area contributed by atoms with Crippen molar-refractivity contribution in [2.24, 2.45) is 5.73 Å². The summed E-state index contributed by atoms with van der Waals surface area (Å²) in [7, 11) is 0. The van der Waals surface area contributed by atoms with Gasteiger partial charge in [0.05, 0.1) is 23.5 Å². The van der Waals surface area contributed by atoms with E-state index in [0.29, 0.717) is 17.5 Å². The number of nitrogens with one attached hydrogen (secondary N) is 2. The van der Waals surface area contributed by atoms with Gasteiger partial charge in [-0.1, -0.05) is 12.5 Å². The van der Waals surface area contributed by atoms with E-state index in [1.54, 1.807) is 6.07 Å². The maximum atomic E-state index is 13.9. The van der Waals surface area contributed by atoms with E-state index in [9.17, 15) is 9.18 Å². The molecule has 4 N–H and O–H groups in total. The number of aromatic amines is 2. The lowest BCUT2D eigenvalue weighted by molar-refractivity contribution is 0.0989. The number of aromatic nitrogens is 3. The first kappa shape index (κ1) is 15.8. The highest BCUT2D eigenvalue weighted by atomic mass is 19.1. The molecule has 1 amide bonds. The van der Waals surface area contributed by atoms with E-state index in [0.717, 1.165) is 42.7 Å². The van der Waals surface area contributed by atoms with Gasteiger partial charge in [-0.05, 0) is 37.6 Å². The molecule has 0 bridgehead atoms. The number of amides is 1. The number of halogens is 1. The molecule has 1 fully saturated rings. The monoisotopic (exact) mass is 341 g/mol. The zero-order chi connectivity index (χ0) is 17.4. The second kappa shape index (κ2) is 6.33. The number of primary amides is 1. The van der Waals surface area contributed by atoms with Gasteiger partial charge in [-0.25, -0.2) is 4.39 Å². The SMILES string of the molecule is NC(=O)c1cn[nH]c1C1CCCCN1Cc1cc2c(F)cccc2[nH]1. The molecule has 2 aromatic heterocycles. The molecule has 130 valence electrons. The highest BCUT2D eigenvalue weighted by Crippen LogP contribution is 2.33. The Morgan fingerprint density at radius 3 is 3.08 bits per heavy atom. The number of fused-ring (bicyclic) bond motifs is 1. The van der Waals surface area contributed by atoms with Crippen molar-refractivity contribution in [3.8, 4) is 0 Å². The summed E-state index contributed by atoms with van der Waals surface area (Å²) in [6.07, 6.45) is 4.59. The Hall–Kier alpha value is -2.67. The summed E-state index contributed by atoms with van der Waals surface area (Å²) in [6, 6.07) is 6.95. The minimum atomic E-state index is -0.470. The molecule has 1 atom stereocenters. The van der Waals surface area contributed by atoms with Gasteiger partial charge in [-0.3, -0.25) is 14.8 Å². The van der Waals surface area contributed by atoms with Crippen molar-refractivity contribution in [3.63, 3.8) is 0 Å². The smallest absolute Gasteiger partial charge is 0.252 e. The Balaban J connectivity index is 1.63. The maximum Gasteiger partial charge on any atom is 0.252 e. The zero-order valence-corrected chi connectivity index (χ0v) is 13.8. The van der Waals surface area contributed by atoms with Gasteiger partial charge in [0.15, 0.2) is 0 Å². The fourth-order valence-electron chi connectivity index (χ4n) is 3.73. The molecule has 1 unspecified atom stereocenters. The number of hydrogen-bond donors (Lipinski definition) is 3. The standard InChI is InChI=1S/C18H20FN5O/c19-14-4-3-5-15-12(14)8-11(22-15)10-24-7-2-1-6-16(24)17-13(18(20)25)9-21-23-17/h3-5,8-9,16,22H,1-2,6-7,10H2,(H2,20,25)(H,21,23). The quantitative estimate of drug-likeness (QED) is 0.681. The largest absolute Gasteiger partial charge is 0.365 e. The predicted octanol–water partition coefficient (Wildman–Crippen LogP) is 2.86. The fraction of sp³-hybridized carbons (Fsp3) is 0.333. The van der Waals surface area contributed by atoms with Crippen LogP contribution in [-0.2, 0) is 6.54 Å². The molecule has 1 aliphatic rings. The Morgan fingerprint density at radius 2 is 2.28 bits per heavy atom. The summed E-state index contributed by atoms with van der Waals surface area (Å²) in [4.78, 5) is 17.2. The minimum absolute atomic E-state index is 0.0509. The number of H-pyrrole nitrogens is 2. The highest BCUT2D eigenvalue weighted by molar-refractivity contribution is 5.93. The molecule has 0 radical (unpaired) electrons. The zero-order valence-electron chi connectivity index (χ0n) is 13.8. The van der Waals surface area contributed by atoms with E-state index in [2.05, 4.69) is 20.1 Å². The minimum Gasteiger partial charge on any atom is -0.365 e. The Labute approximate surface area is 144 Å². The van der Waals surface area contributed by atoms with Crippen LogP contribution in [0.25, 0.3) is 10.9 Å². The first-order chi connectivity index (χ1) is 12.1. The van der Waals surface area contributed by atoms with Gasteiger partial charge in [0, 0.05) is 23.1 Å². The second-order valence-corrected chi connectivity index (χ2v) is 6.54. The number of nitrogens with zero attached hydrogens (tertiary/aromatic N) is 2. The molecule has 3 heterocycles. The maximum absolute atomic E-state index is 13.9. The van der Waals surface area contributed by atoms with E-state index >= 15 is 0 Å². The van der Waals surface area contributed by atoms with Gasteiger partial charge in [0.1, 0.15) is 5.82 Å². The fourth-order valence-corrected chi connectivity index (χ4v) is 3.73. The number of rotatable bonds is 4. The Morgan fingerprint density at radius 1 is 1.40 bits per heavy atom. The van der Waals surface area contributed by atoms with Crippen LogP contribution in [0.1, 0.15) is 47.1 Å². The van der Waals surface area contributed by atoms with E-state index < -0.39 is 5.91 Å². The first-order valence-electron chi connectivity index (χ1n) is 8.46. The van der Waals surface area contributed by atoms with E-state index in [1.165, 1.54) is 12.3 Å². The summed E-state index contributed by atoms with van der Waals surface area (Å²) < 4.78 is 13.9. The number of hydrogen-bond acceptors (Lipinski definition) is 3. The van der Waals surface area contributed by atoms with Crippen molar-refractivity contribution >= 4 is 16.8 Å². The third-order valence-electron chi connectivity index (χ3n) is 4.92. The summed E-state index contributed by atoms with van der Waals surface area (Å²) in [5.41, 5.74) is 8.43. The van der Waals surface area contributed by atoms with Crippen molar-refractivity contribution < 1.29 is 9.18 Å². The van der Waals surface area contributed by atoms with Crippen LogP contribution in [0.5, 0.6) is 0 Å². The Bertz CT molecular complexity index is 915. The number of carbonyl (C=O) groups is 1. The van der Waals surface area contributed by atoms with Crippen LogP contribution in [-0.4, -0.2) is 32.5 Å². The van der Waals surface area contributed by atoms with Crippen molar-refractivity contribution in [2.45, 2.75) is 31.8 Å². The molecular formula is C18H20FN5O. The van der Waals surface area contributed by atoms with Crippen molar-refractivity contribution in [1.29, 1.82) is 0 Å². The normalized spacial score (nSPS) is 18.7. The average molecular weight is 341 g/mol. The molecule has 7 heteroatoms. The number of likely N-dealkylation sites (tertiary alicyclic amines) is 1. The first-order valence-corrected chi connectivity index (χ1v) is 8.46. The predicted molar refractivity (Wildman–Crippen MR) is 92.4 cm³/mol. The van der Waals surface area contributed by atoms with Gasteiger partial charge in [-0.15, -0.1) is 0 Å². The van der Waals surface area contributed by atoms with Gasteiger partial charge < -0.3 is 10.7 Å². The molecule has 4 rings (SSSR count). The van der Waals surface area contributed by atoms with Crippen LogP contribution >= 0.6 is 0 Å². The lowest BCUT2D eigenvalue weighted by Gasteiger charge is -2.35. The van der Waals surface area contributed by atoms with E-state index in [-0.39, 0.29) is 11.9 Å². The van der Waals surface area contributed by atoms with Gasteiger partial charge in [-0.2, -0.15) is 5.10 Å². The second-order valence-electron chi connectivity index (χ2n) is 6.54. The summed E-state index contributed by atoms with van der Waals surface area (Å²) >= 11 is 0. The average Bonchev–Trinajstić information content (AvgIpc) is 3.22. The molecule has 25 heavy (non-hydrogen) atoms. The molecule has 1 aromatic carbocycles. The summed E-state index contributed by atoms with van der Waals surface area (Å²) in [5, 5.41) is 7.54. The van der Waals surface area contributed by atoms with Crippen LogP contribution in [0.4, 0.5) is 4.39 Å². The van der Waals surface area contributed by atoms with Crippen LogP contribution < -0.4 is 5.73 Å². The van der Waals surface area contributed by atoms with Crippen molar-refractivity contribution in [3.05, 3.63) is 53.2 Å². The van der Waals surface area contributed by atoms with Crippen LogP contribution in [0.2, 0.25) is 0 Å². The van der Waals surface area contributed by atoms with Gasteiger partial charge >= 0.3 is 0 Å². The molecule has 3 aromatic rings. The lowest BCUT2D eigenvalue weighted by atomic mass is 9.96. The van der Waals surface area contributed by atoms with E-state index in [4.69, 9.17) is 5.73 Å². The Kier molecular flexibility index (Phi) is 4.01. The lowest BCUT2D eigenvalue weighted by Crippen LogP contribution is -2.34. The van der Waals surface area contributed by atoms with Crippen LogP contribution in [0.3, 0.4) is 0 Å². The molecule has 0 aliphatic carbocycles. The molecule has 0 spiro atoms. The summed E-state index contributed by atoms with van der Waals surface area (Å²) in [5.74, 6) is -0.693. The molecule has 6 nitrogen and oxygen atoms in total.